The first-order chi connectivity index (χ1) is 18.2. The fourth-order valence-electron chi connectivity index (χ4n) is 4.26. The van der Waals surface area contributed by atoms with E-state index in [1.54, 1.807) is 51.5 Å². The molecule has 196 valence electrons. The van der Waals surface area contributed by atoms with Crippen LogP contribution in [0.1, 0.15) is 49.3 Å². The minimum absolute atomic E-state index is 0.0344. The first-order valence-corrected chi connectivity index (χ1v) is 12.2. The predicted molar refractivity (Wildman–Crippen MR) is 142 cm³/mol. The van der Waals surface area contributed by atoms with Crippen LogP contribution < -0.4 is 29.4 Å². The van der Waals surface area contributed by atoms with Crippen LogP contribution >= 0.6 is 0 Å². The zero-order valence-electron chi connectivity index (χ0n) is 22.0. The molecule has 0 aromatic heterocycles. The number of carbonyl (C=O) groups excluding carboxylic acids is 1. The van der Waals surface area contributed by atoms with Gasteiger partial charge in [0.2, 0.25) is 5.88 Å². The van der Waals surface area contributed by atoms with E-state index in [4.69, 9.17) is 29.4 Å². The van der Waals surface area contributed by atoms with Crippen LogP contribution in [-0.4, -0.2) is 26.3 Å². The van der Waals surface area contributed by atoms with Crippen LogP contribution in [0.3, 0.4) is 0 Å². The standard InChI is InChI=1S/C30H30N2O6/c1-17(2)19-6-8-20(9-7-19)36-18(3)30(33)37-22-11-13-24-27(15-22)38-29(32)25(16-31)28(24)23-12-10-21(34-4)14-26(23)35-5/h6-15,17-18,28H,32H2,1-5H3. The van der Waals surface area contributed by atoms with Crippen LogP contribution in [0.5, 0.6) is 28.7 Å². The molecule has 0 amide bonds. The fraction of sp³-hybridized carbons (Fsp3) is 0.267. The third-order valence-corrected chi connectivity index (χ3v) is 6.35. The van der Waals surface area contributed by atoms with E-state index < -0.39 is 18.0 Å². The monoisotopic (exact) mass is 514 g/mol. The van der Waals surface area contributed by atoms with Crippen molar-refractivity contribution >= 4 is 5.97 Å². The first-order valence-electron chi connectivity index (χ1n) is 12.2. The van der Waals surface area contributed by atoms with Crippen LogP contribution in [0.25, 0.3) is 0 Å². The van der Waals surface area contributed by atoms with Crippen LogP contribution in [0.2, 0.25) is 0 Å². The van der Waals surface area contributed by atoms with Gasteiger partial charge >= 0.3 is 5.97 Å². The Kier molecular flexibility index (Phi) is 7.77. The Bertz CT molecular complexity index is 1410. The highest BCUT2D eigenvalue weighted by molar-refractivity contribution is 5.77. The van der Waals surface area contributed by atoms with E-state index in [1.165, 1.54) is 5.56 Å². The Morgan fingerprint density at radius 1 is 0.921 bits per heavy atom. The number of nitrogens with two attached hydrogens (primary N) is 1. The Hall–Kier alpha value is -4.64. The van der Waals surface area contributed by atoms with Gasteiger partial charge in [0.15, 0.2) is 6.10 Å². The molecule has 1 aliphatic heterocycles. The van der Waals surface area contributed by atoms with E-state index >= 15 is 0 Å². The highest BCUT2D eigenvalue weighted by Gasteiger charge is 2.33. The molecular weight excluding hydrogens is 484 g/mol. The van der Waals surface area contributed by atoms with Gasteiger partial charge in [0.25, 0.3) is 0 Å². The lowest BCUT2D eigenvalue weighted by atomic mass is 9.83. The molecule has 0 saturated heterocycles. The summed E-state index contributed by atoms with van der Waals surface area (Å²) in [5, 5.41) is 9.86. The highest BCUT2D eigenvalue weighted by atomic mass is 16.6. The quantitative estimate of drug-likeness (QED) is 0.313. The van der Waals surface area contributed by atoms with E-state index in [2.05, 4.69) is 19.9 Å². The number of esters is 1. The summed E-state index contributed by atoms with van der Waals surface area (Å²) in [6.07, 6.45) is -0.844. The van der Waals surface area contributed by atoms with E-state index in [-0.39, 0.29) is 17.2 Å². The first kappa shape index (κ1) is 26.4. The highest BCUT2D eigenvalue weighted by Crippen LogP contribution is 2.46. The van der Waals surface area contributed by atoms with Crippen LogP contribution in [0.4, 0.5) is 0 Å². The molecule has 2 atom stereocenters. The van der Waals surface area contributed by atoms with Crippen LogP contribution in [0, 0.1) is 11.3 Å². The molecule has 4 rings (SSSR count). The van der Waals surface area contributed by atoms with Crippen LogP contribution in [0.15, 0.2) is 72.1 Å². The summed E-state index contributed by atoms with van der Waals surface area (Å²) in [5.41, 5.74) is 8.95. The van der Waals surface area contributed by atoms with E-state index in [1.807, 2.05) is 30.3 Å². The average Bonchev–Trinajstić information content (AvgIpc) is 2.92. The van der Waals surface area contributed by atoms with Crippen molar-refractivity contribution in [2.75, 3.05) is 14.2 Å². The lowest BCUT2D eigenvalue weighted by Crippen LogP contribution is -2.28. The zero-order chi connectivity index (χ0) is 27.4. The van der Waals surface area contributed by atoms with Crippen molar-refractivity contribution < 1.29 is 28.5 Å². The molecule has 0 radical (unpaired) electrons. The van der Waals surface area contributed by atoms with Crippen molar-refractivity contribution in [1.29, 1.82) is 5.26 Å². The number of nitriles is 1. The summed E-state index contributed by atoms with van der Waals surface area (Å²) < 4.78 is 28.0. The maximum atomic E-state index is 12.8. The molecular formula is C30H30N2O6. The molecule has 8 heteroatoms. The number of ether oxygens (including phenoxy) is 5. The number of hydrogen-bond donors (Lipinski definition) is 1. The Balaban J connectivity index is 1.57. The van der Waals surface area contributed by atoms with Crippen molar-refractivity contribution in [3.05, 3.63) is 88.8 Å². The average molecular weight is 515 g/mol. The SMILES string of the molecule is COc1ccc(C2C(C#N)=C(N)Oc3cc(OC(=O)C(C)Oc4ccc(C(C)C)cc4)ccc32)c(OC)c1. The summed E-state index contributed by atoms with van der Waals surface area (Å²) in [6.45, 7) is 5.84. The summed E-state index contributed by atoms with van der Waals surface area (Å²) in [4.78, 5) is 12.8. The number of carbonyl (C=O) groups is 1. The van der Waals surface area contributed by atoms with E-state index in [0.717, 1.165) is 0 Å². The molecule has 38 heavy (non-hydrogen) atoms. The lowest BCUT2D eigenvalue weighted by Gasteiger charge is -2.28. The van der Waals surface area contributed by atoms with Crippen LogP contribution in [-0.2, 0) is 4.79 Å². The van der Waals surface area contributed by atoms with Crippen molar-refractivity contribution in [1.82, 2.24) is 0 Å². The predicted octanol–water partition coefficient (Wildman–Crippen LogP) is 5.42. The third kappa shape index (κ3) is 5.37. The van der Waals surface area contributed by atoms with Crippen molar-refractivity contribution in [2.45, 2.75) is 38.7 Å². The molecule has 0 saturated carbocycles. The Morgan fingerprint density at radius 2 is 1.58 bits per heavy atom. The molecule has 0 spiro atoms. The van der Waals surface area contributed by atoms with Gasteiger partial charge in [0.1, 0.15) is 40.4 Å². The second-order valence-corrected chi connectivity index (χ2v) is 9.14. The van der Waals surface area contributed by atoms with Gasteiger partial charge in [-0.2, -0.15) is 5.26 Å². The fourth-order valence-corrected chi connectivity index (χ4v) is 4.26. The number of fused-ring (bicyclic) bond motifs is 1. The molecule has 3 aromatic rings. The Morgan fingerprint density at radius 3 is 2.21 bits per heavy atom. The number of nitrogens with zero attached hydrogens (tertiary/aromatic N) is 1. The van der Waals surface area contributed by atoms with Gasteiger partial charge in [-0.3, -0.25) is 0 Å². The summed E-state index contributed by atoms with van der Waals surface area (Å²) >= 11 is 0. The molecule has 1 aliphatic rings. The molecule has 0 fully saturated rings. The van der Waals surface area contributed by atoms with Gasteiger partial charge < -0.3 is 29.4 Å². The minimum Gasteiger partial charge on any atom is -0.497 e. The molecule has 1 heterocycles. The second kappa shape index (κ2) is 11.2. The summed E-state index contributed by atoms with van der Waals surface area (Å²) in [6, 6.07) is 20.1. The largest absolute Gasteiger partial charge is 0.497 e. The molecule has 2 N–H and O–H groups in total. The van der Waals surface area contributed by atoms with Crippen molar-refractivity contribution in [2.24, 2.45) is 5.73 Å². The minimum atomic E-state index is -0.844. The van der Waals surface area contributed by atoms with Crippen molar-refractivity contribution in [3.8, 4) is 34.8 Å². The number of methoxy groups -OCH3 is 2. The van der Waals surface area contributed by atoms with Gasteiger partial charge in [-0.25, -0.2) is 4.79 Å². The smallest absolute Gasteiger partial charge is 0.352 e. The van der Waals surface area contributed by atoms with Gasteiger partial charge in [0, 0.05) is 23.3 Å². The summed E-state index contributed by atoms with van der Waals surface area (Å²) in [5.74, 6) is 1.60. The molecule has 2 unspecified atom stereocenters. The molecule has 0 bridgehead atoms. The number of benzene rings is 3. The normalized spacial score (nSPS) is 15.1. The zero-order valence-corrected chi connectivity index (χ0v) is 22.0. The van der Waals surface area contributed by atoms with Gasteiger partial charge in [-0.1, -0.05) is 38.1 Å². The molecule has 3 aromatic carbocycles. The Labute approximate surface area is 222 Å². The van der Waals surface area contributed by atoms with Gasteiger partial charge in [-0.15, -0.1) is 0 Å². The van der Waals surface area contributed by atoms with E-state index in [0.29, 0.717) is 40.0 Å². The van der Waals surface area contributed by atoms with Crippen molar-refractivity contribution in [3.63, 3.8) is 0 Å². The van der Waals surface area contributed by atoms with E-state index in [9.17, 15) is 10.1 Å². The number of allylic oxidation sites excluding steroid dienone is 1. The number of rotatable bonds is 8. The van der Waals surface area contributed by atoms with Gasteiger partial charge in [0.05, 0.1) is 20.1 Å². The lowest BCUT2D eigenvalue weighted by molar-refractivity contribution is -0.141. The maximum absolute atomic E-state index is 12.8. The molecule has 8 nitrogen and oxygen atoms in total. The number of hydrogen-bond acceptors (Lipinski definition) is 8. The second-order valence-electron chi connectivity index (χ2n) is 9.14. The topological polar surface area (TPSA) is 113 Å². The maximum Gasteiger partial charge on any atom is 0.352 e. The third-order valence-electron chi connectivity index (χ3n) is 6.35. The van der Waals surface area contributed by atoms with Gasteiger partial charge in [-0.05, 0) is 42.7 Å². The molecule has 0 aliphatic carbocycles. The summed E-state index contributed by atoms with van der Waals surface area (Å²) in [7, 11) is 3.11.